The molecule has 4 rings (SSSR count). The normalized spacial score (nSPS) is 13.8. The number of ether oxygens (including phenoxy) is 2. The van der Waals surface area contributed by atoms with E-state index in [0.717, 1.165) is 22.8 Å². The Balaban J connectivity index is 1.46. The second-order valence-electron chi connectivity index (χ2n) is 8.87. The first-order chi connectivity index (χ1) is 17.4. The van der Waals surface area contributed by atoms with Gasteiger partial charge in [0.15, 0.2) is 5.82 Å². The van der Waals surface area contributed by atoms with Crippen molar-refractivity contribution in [2.45, 2.75) is 33.2 Å². The zero-order valence-corrected chi connectivity index (χ0v) is 21.2. The Kier molecular flexibility index (Phi) is 7.77. The van der Waals surface area contributed by atoms with Crippen LogP contribution >= 0.6 is 0 Å². The summed E-state index contributed by atoms with van der Waals surface area (Å²) in [7, 11) is 3.22. The molecule has 2 aromatic carbocycles. The molecule has 9 nitrogen and oxygen atoms in total. The van der Waals surface area contributed by atoms with Crippen molar-refractivity contribution in [3.8, 4) is 17.2 Å². The van der Waals surface area contributed by atoms with E-state index in [-0.39, 0.29) is 17.7 Å². The minimum Gasteiger partial charge on any atom is -0.497 e. The summed E-state index contributed by atoms with van der Waals surface area (Å²) in [6, 6.07) is 15.4. The Hall–Kier alpha value is -4.01. The van der Waals surface area contributed by atoms with E-state index in [9.17, 15) is 9.59 Å². The van der Waals surface area contributed by atoms with Gasteiger partial charge in [0, 0.05) is 38.0 Å². The minimum atomic E-state index is -0.144. The van der Waals surface area contributed by atoms with Gasteiger partial charge >= 0.3 is 0 Å². The number of hydrogen-bond donors (Lipinski definition) is 2. The van der Waals surface area contributed by atoms with Crippen LogP contribution in [0.15, 0.2) is 48.5 Å². The summed E-state index contributed by atoms with van der Waals surface area (Å²) in [5.41, 5.74) is 3.24. The van der Waals surface area contributed by atoms with Gasteiger partial charge in [-0.3, -0.25) is 9.59 Å². The Bertz CT molecular complexity index is 1220. The Morgan fingerprint density at radius 2 is 1.78 bits per heavy atom. The smallest absolute Gasteiger partial charge is 0.223 e. The predicted octanol–water partition coefficient (Wildman–Crippen LogP) is 3.69. The summed E-state index contributed by atoms with van der Waals surface area (Å²) in [5, 5.41) is 10.7. The van der Waals surface area contributed by atoms with E-state index in [1.165, 1.54) is 6.92 Å². The number of hydrogen-bond acceptors (Lipinski definition) is 6. The van der Waals surface area contributed by atoms with Crippen LogP contribution in [-0.2, 0) is 16.1 Å². The maximum absolute atomic E-state index is 13.0. The third-order valence-corrected chi connectivity index (χ3v) is 6.44. The SMILES string of the molecule is COc1ccc(OC)c(CNC(=O)C2CCN(c3c(NC(C)=O)c(C)nn3-c3ccccc3)CC2)c1. The highest BCUT2D eigenvalue weighted by Crippen LogP contribution is 2.35. The highest BCUT2D eigenvalue weighted by Gasteiger charge is 2.30. The van der Waals surface area contributed by atoms with E-state index in [1.807, 2.05) is 60.1 Å². The number of methoxy groups -OCH3 is 2. The molecule has 9 heteroatoms. The molecule has 190 valence electrons. The summed E-state index contributed by atoms with van der Waals surface area (Å²) in [6.07, 6.45) is 1.39. The van der Waals surface area contributed by atoms with Crippen LogP contribution < -0.4 is 25.0 Å². The molecule has 0 aliphatic carbocycles. The molecule has 1 aliphatic heterocycles. The number of carbonyl (C=O) groups is 2. The summed E-state index contributed by atoms with van der Waals surface area (Å²) >= 11 is 0. The first-order valence-corrected chi connectivity index (χ1v) is 12.1. The van der Waals surface area contributed by atoms with Crippen LogP contribution in [0.3, 0.4) is 0 Å². The van der Waals surface area contributed by atoms with Crippen molar-refractivity contribution in [1.29, 1.82) is 0 Å². The number of anilines is 2. The van der Waals surface area contributed by atoms with Crippen molar-refractivity contribution in [2.75, 3.05) is 37.5 Å². The monoisotopic (exact) mass is 491 g/mol. The number of aryl methyl sites for hydroxylation is 1. The van der Waals surface area contributed by atoms with Crippen LogP contribution in [0.4, 0.5) is 11.5 Å². The standard InChI is InChI=1S/C27H33N5O4/c1-18-25(29-19(2)33)27(32(30-18)22-8-6-5-7-9-22)31-14-12-20(13-15-31)26(34)28-17-21-16-23(35-3)10-11-24(21)36-4/h5-11,16,20H,12-15,17H2,1-4H3,(H,28,34)(H,29,33). The fraction of sp³-hybridized carbons (Fsp3) is 0.370. The third kappa shape index (κ3) is 5.45. The maximum Gasteiger partial charge on any atom is 0.223 e. The molecule has 2 amide bonds. The quantitative estimate of drug-likeness (QED) is 0.499. The second kappa shape index (κ2) is 11.2. The molecule has 2 heterocycles. The van der Waals surface area contributed by atoms with Crippen molar-refractivity contribution < 1.29 is 19.1 Å². The lowest BCUT2D eigenvalue weighted by Gasteiger charge is -2.33. The van der Waals surface area contributed by atoms with Crippen LogP contribution in [0, 0.1) is 12.8 Å². The van der Waals surface area contributed by atoms with Gasteiger partial charge < -0.3 is 25.0 Å². The van der Waals surface area contributed by atoms with Gasteiger partial charge in [0.1, 0.15) is 17.2 Å². The molecule has 0 atom stereocenters. The van der Waals surface area contributed by atoms with Crippen LogP contribution in [0.5, 0.6) is 11.5 Å². The highest BCUT2D eigenvalue weighted by molar-refractivity contribution is 5.93. The number of benzene rings is 2. The lowest BCUT2D eigenvalue weighted by Crippen LogP contribution is -2.41. The fourth-order valence-corrected chi connectivity index (χ4v) is 4.58. The van der Waals surface area contributed by atoms with Gasteiger partial charge in [-0.1, -0.05) is 18.2 Å². The van der Waals surface area contributed by atoms with Gasteiger partial charge in [-0.25, -0.2) is 4.68 Å². The zero-order valence-electron chi connectivity index (χ0n) is 21.2. The Morgan fingerprint density at radius 3 is 2.42 bits per heavy atom. The van der Waals surface area contributed by atoms with Crippen molar-refractivity contribution in [3.63, 3.8) is 0 Å². The molecule has 1 saturated heterocycles. The lowest BCUT2D eigenvalue weighted by atomic mass is 9.95. The van der Waals surface area contributed by atoms with Gasteiger partial charge in [0.2, 0.25) is 11.8 Å². The van der Waals surface area contributed by atoms with Gasteiger partial charge in [0.25, 0.3) is 0 Å². The van der Waals surface area contributed by atoms with Crippen LogP contribution in [0.1, 0.15) is 31.0 Å². The van der Waals surface area contributed by atoms with Gasteiger partial charge in [-0.05, 0) is 50.1 Å². The summed E-state index contributed by atoms with van der Waals surface area (Å²) in [5.74, 6) is 2.04. The first-order valence-electron chi connectivity index (χ1n) is 12.1. The summed E-state index contributed by atoms with van der Waals surface area (Å²) < 4.78 is 12.6. The van der Waals surface area contributed by atoms with E-state index in [2.05, 4.69) is 15.5 Å². The second-order valence-corrected chi connectivity index (χ2v) is 8.87. The topological polar surface area (TPSA) is 97.7 Å². The lowest BCUT2D eigenvalue weighted by molar-refractivity contribution is -0.125. The van der Waals surface area contributed by atoms with E-state index < -0.39 is 0 Å². The van der Waals surface area contributed by atoms with Crippen LogP contribution in [0.25, 0.3) is 5.69 Å². The van der Waals surface area contributed by atoms with Crippen molar-refractivity contribution in [3.05, 3.63) is 59.8 Å². The number of para-hydroxylation sites is 1. The molecule has 1 aromatic heterocycles. The number of rotatable bonds is 8. The van der Waals surface area contributed by atoms with Gasteiger partial charge in [-0.15, -0.1) is 0 Å². The molecule has 0 radical (unpaired) electrons. The van der Waals surface area contributed by atoms with E-state index in [4.69, 9.17) is 14.6 Å². The molecular formula is C27H33N5O4. The molecule has 0 spiro atoms. The van der Waals surface area contributed by atoms with Gasteiger partial charge in [0.05, 0.1) is 25.6 Å². The molecular weight excluding hydrogens is 458 g/mol. The third-order valence-electron chi connectivity index (χ3n) is 6.44. The largest absolute Gasteiger partial charge is 0.497 e. The number of nitrogens with one attached hydrogen (secondary N) is 2. The molecule has 0 unspecified atom stereocenters. The molecule has 1 fully saturated rings. The molecule has 0 bridgehead atoms. The summed E-state index contributed by atoms with van der Waals surface area (Å²) in [4.78, 5) is 27.1. The fourth-order valence-electron chi connectivity index (χ4n) is 4.58. The van der Waals surface area contributed by atoms with E-state index >= 15 is 0 Å². The summed E-state index contributed by atoms with van der Waals surface area (Å²) in [6.45, 7) is 5.10. The molecule has 0 saturated carbocycles. The highest BCUT2D eigenvalue weighted by atomic mass is 16.5. The minimum absolute atomic E-state index is 0.0226. The number of nitrogens with zero attached hydrogens (tertiary/aromatic N) is 3. The molecule has 3 aromatic rings. The Morgan fingerprint density at radius 1 is 1.06 bits per heavy atom. The number of piperidine rings is 1. The number of aromatic nitrogens is 2. The van der Waals surface area contributed by atoms with Crippen LogP contribution in [0.2, 0.25) is 0 Å². The number of carbonyl (C=O) groups excluding carboxylic acids is 2. The average molecular weight is 492 g/mol. The van der Waals surface area contributed by atoms with Crippen molar-refractivity contribution >= 4 is 23.3 Å². The molecule has 2 N–H and O–H groups in total. The van der Waals surface area contributed by atoms with E-state index in [1.54, 1.807) is 14.2 Å². The van der Waals surface area contributed by atoms with Gasteiger partial charge in [-0.2, -0.15) is 5.10 Å². The molecule has 36 heavy (non-hydrogen) atoms. The van der Waals surface area contributed by atoms with Crippen LogP contribution in [-0.4, -0.2) is 48.9 Å². The zero-order chi connectivity index (χ0) is 25.7. The van der Waals surface area contributed by atoms with Crippen molar-refractivity contribution in [1.82, 2.24) is 15.1 Å². The Labute approximate surface area is 211 Å². The average Bonchev–Trinajstić information content (AvgIpc) is 3.22. The molecule has 1 aliphatic rings. The number of amides is 2. The predicted molar refractivity (Wildman–Crippen MR) is 139 cm³/mol. The first kappa shape index (κ1) is 25.1. The van der Waals surface area contributed by atoms with Crippen molar-refractivity contribution in [2.24, 2.45) is 5.92 Å². The van der Waals surface area contributed by atoms with E-state index in [0.29, 0.717) is 49.7 Å². The maximum atomic E-state index is 13.0.